The van der Waals surface area contributed by atoms with E-state index in [2.05, 4.69) is 16.0 Å². The zero-order valence-corrected chi connectivity index (χ0v) is 20.0. The van der Waals surface area contributed by atoms with Crippen LogP contribution < -0.4 is 25.1 Å². The molecule has 0 bridgehead atoms. The molecule has 2 amide bonds. The maximum Gasteiger partial charge on any atom is 0.270 e. The number of ether oxygens (including phenoxy) is 3. The molecule has 180 valence electrons. The second-order valence-corrected chi connectivity index (χ2v) is 7.65. The Morgan fingerprint density at radius 1 is 0.886 bits per heavy atom. The number of hydrogen-bond donors (Lipinski definition) is 2. The largest absolute Gasteiger partial charge is 0.493 e. The number of nitrogens with zero attached hydrogens (tertiary/aromatic N) is 3. The lowest BCUT2D eigenvalue weighted by Crippen LogP contribution is -2.41. The second kappa shape index (κ2) is 9.72. The van der Waals surface area contributed by atoms with Gasteiger partial charge in [-0.3, -0.25) is 25.1 Å². The molecule has 0 aliphatic carbocycles. The van der Waals surface area contributed by atoms with Crippen LogP contribution in [0.15, 0.2) is 48.5 Å². The summed E-state index contributed by atoms with van der Waals surface area (Å²) in [7, 11) is 6.15. The molecule has 0 saturated heterocycles. The SMILES string of the molecule is COc1cc(C(=O)NNC(=O)c2cc(-c3ccccc3)nc3c2c(C)nn3C)cc(OC)c1OC. The van der Waals surface area contributed by atoms with Gasteiger partial charge >= 0.3 is 0 Å². The van der Waals surface area contributed by atoms with Gasteiger partial charge in [0.05, 0.1) is 43.7 Å². The lowest BCUT2D eigenvalue weighted by molar-refractivity contribution is 0.0847. The molecule has 10 heteroatoms. The number of methoxy groups -OCH3 is 3. The highest BCUT2D eigenvalue weighted by molar-refractivity contribution is 6.08. The van der Waals surface area contributed by atoms with E-state index in [1.165, 1.54) is 33.5 Å². The zero-order chi connectivity index (χ0) is 25.1. The van der Waals surface area contributed by atoms with Crippen molar-refractivity contribution in [2.75, 3.05) is 21.3 Å². The molecule has 10 nitrogen and oxygen atoms in total. The molecule has 2 aromatic heterocycles. The summed E-state index contributed by atoms with van der Waals surface area (Å²) >= 11 is 0. The van der Waals surface area contributed by atoms with Gasteiger partial charge in [-0.05, 0) is 25.1 Å². The standard InChI is InChI=1S/C25H25N5O5/c1-14-21-17(13-18(15-9-7-6-8-10-15)26-23(21)30(2)29-14)25(32)28-27-24(31)16-11-19(33-3)22(35-5)20(12-16)34-4/h6-13H,1-5H3,(H,27,31)(H,28,32). The van der Waals surface area contributed by atoms with Crippen LogP contribution >= 0.6 is 0 Å². The van der Waals surface area contributed by atoms with E-state index in [1.54, 1.807) is 24.7 Å². The minimum absolute atomic E-state index is 0.210. The van der Waals surface area contributed by atoms with Crippen molar-refractivity contribution in [3.63, 3.8) is 0 Å². The first-order valence-corrected chi connectivity index (χ1v) is 10.7. The smallest absolute Gasteiger partial charge is 0.270 e. The molecule has 0 fully saturated rings. The van der Waals surface area contributed by atoms with Crippen LogP contribution in [0.2, 0.25) is 0 Å². The first-order valence-electron chi connectivity index (χ1n) is 10.7. The molecule has 4 rings (SSSR count). The number of pyridine rings is 1. The third-order valence-electron chi connectivity index (χ3n) is 5.50. The second-order valence-electron chi connectivity index (χ2n) is 7.65. The van der Waals surface area contributed by atoms with Gasteiger partial charge in [-0.25, -0.2) is 4.98 Å². The Kier molecular flexibility index (Phi) is 6.54. The van der Waals surface area contributed by atoms with Crippen LogP contribution in [0.5, 0.6) is 17.2 Å². The van der Waals surface area contributed by atoms with Crippen LogP contribution in [0.1, 0.15) is 26.4 Å². The molecule has 0 aliphatic heterocycles. The number of fused-ring (bicyclic) bond motifs is 1. The number of carbonyl (C=O) groups excluding carboxylic acids is 2. The fourth-order valence-corrected chi connectivity index (χ4v) is 3.85. The summed E-state index contributed by atoms with van der Waals surface area (Å²) in [6.07, 6.45) is 0. The Morgan fingerprint density at radius 3 is 2.11 bits per heavy atom. The predicted octanol–water partition coefficient (Wildman–Crippen LogP) is 3.04. The summed E-state index contributed by atoms with van der Waals surface area (Å²) in [5.41, 5.74) is 8.16. The molecular weight excluding hydrogens is 450 g/mol. The Labute approximate surface area is 201 Å². The molecule has 0 spiro atoms. The van der Waals surface area contributed by atoms with E-state index in [0.29, 0.717) is 45.2 Å². The van der Waals surface area contributed by atoms with Gasteiger partial charge in [0.1, 0.15) is 0 Å². The summed E-state index contributed by atoms with van der Waals surface area (Å²) in [5.74, 6) is -0.0777. The molecule has 35 heavy (non-hydrogen) atoms. The van der Waals surface area contributed by atoms with Gasteiger partial charge in [-0.1, -0.05) is 30.3 Å². The van der Waals surface area contributed by atoms with Crippen molar-refractivity contribution in [3.05, 3.63) is 65.4 Å². The first-order chi connectivity index (χ1) is 16.9. The van der Waals surface area contributed by atoms with E-state index < -0.39 is 11.8 Å². The minimum Gasteiger partial charge on any atom is -0.493 e. The fourth-order valence-electron chi connectivity index (χ4n) is 3.85. The first kappa shape index (κ1) is 23.6. The number of carbonyl (C=O) groups is 2. The van der Waals surface area contributed by atoms with Crippen molar-refractivity contribution < 1.29 is 23.8 Å². The van der Waals surface area contributed by atoms with Crippen LogP contribution in [-0.2, 0) is 7.05 Å². The highest BCUT2D eigenvalue weighted by Gasteiger charge is 2.21. The van der Waals surface area contributed by atoms with E-state index in [9.17, 15) is 9.59 Å². The molecule has 2 N–H and O–H groups in total. The lowest BCUT2D eigenvalue weighted by Gasteiger charge is -2.14. The molecule has 0 aliphatic rings. The van der Waals surface area contributed by atoms with Crippen molar-refractivity contribution in [2.45, 2.75) is 6.92 Å². The Morgan fingerprint density at radius 2 is 1.51 bits per heavy atom. The predicted molar refractivity (Wildman–Crippen MR) is 130 cm³/mol. The van der Waals surface area contributed by atoms with Gasteiger partial charge in [0.15, 0.2) is 17.1 Å². The van der Waals surface area contributed by atoms with Gasteiger partial charge < -0.3 is 14.2 Å². The van der Waals surface area contributed by atoms with Gasteiger partial charge in [0.2, 0.25) is 5.75 Å². The van der Waals surface area contributed by atoms with Crippen molar-refractivity contribution in [2.24, 2.45) is 7.05 Å². The van der Waals surface area contributed by atoms with Crippen LogP contribution in [0.4, 0.5) is 0 Å². The van der Waals surface area contributed by atoms with Crippen LogP contribution in [-0.4, -0.2) is 47.9 Å². The third-order valence-corrected chi connectivity index (χ3v) is 5.50. The van der Waals surface area contributed by atoms with E-state index in [-0.39, 0.29) is 5.56 Å². The van der Waals surface area contributed by atoms with E-state index in [4.69, 9.17) is 19.2 Å². The van der Waals surface area contributed by atoms with Gasteiger partial charge in [0.25, 0.3) is 11.8 Å². The topological polar surface area (TPSA) is 117 Å². The highest BCUT2D eigenvalue weighted by Crippen LogP contribution is 2.38. The molecule has 0 unspecified atom stereocenters. The third kappa shape index (κ3) is 4.45. The molecule has 2 heterocycles. The molecule has 4 aromatic rings. The molecular formula is C25H25N5O5. The number of hydrazine groups is 1. The summed E-state index contributed by atoms with van der Waals surface area (Å²) in [4.78, 5) is 30.8. The number of rotatable bonds is 6. The Hall–Kier alpha value is -4.60. The maximum absolute atomic E-state index is 13.2. The minimum atomic E-state index is -0.561. The summed E-state index contributed by atoms with van der Waals surface area (Å²) in [6.45, 7) is 1.80. The average Bonchev–Trinajstić information content (AvgIpc) is 3.18. The number of aromatic nitrogens is 3. The normalized spacial score (nSPS) is 10.7. The Bertz CT molecular complexity index is 1390. The van der Waals surface area contributed by atoms with Gasteiger partial charge in [-0.15, -0.1) is 0 Å². The number of hydrogen-bond acceptors (Lipinski definition) is 7. The molecule has 0 saturated carbocycles. The number of amides is 2. The van der Waals surface area contributed by atoms with Crippen LogP contribution in [0.3, 0.4) is 0 Å². The monoisotopic (exact) mass is 475 g/mol. The molecule has 0 radical (unpaired) electrons. The van der Waals surface area contributed by atoms with E-state index >= 15 is 0 Å². The van der Waals surface area contributed by atoms with Crippen molar-refractivity contribution in [1.82, 2.24) is 25.6 Å². The van der Waals surface area contributed by atoms with E-state index in [1.807, 2.05) is 30.3 Å². The highest BCUT2D eigenvalue weighted by atomic mass is 16.5. The Balaban J connectivity index is 1.65. The maximum atomic E-state index is 13.2. The lowest BCUT2D eigenvalue weighted by atomic mass is 10.1. The van der Waals surface area contributed by atoms with Gasteiger partial charge in [0, 0.05) is 18.2 Å². The number of benzene rings is 2. The van der Waals surface area contributed by atoms with Crippen LogP contribution in [0.25, 0.3) is 22.3 Å². The van der Waals surface area contributed by atoms with Crippen molar-refractivity contribution in [3.8, 4) is 28.5 Å². The average molecular weight is 476 g/mol. The van der Waals surface area contributed by atoms with Gasteiger partial charge in [-0.2, -0.15) is 5.10 Å². The zero-order valence-electron chi connectivity index (χ0n) is 20.0. The van der Waals surface area contributed by atoms with Crippen LogP contribution in [0, 0.1) is 6.92 Å². The fraction of sp³-hybridized carbons (Fsp3) is 0.200. The number of aryl methyl sites for hydroxylation is 2. The quantitative estimate of drug-likeness (QED) is 0.412. The van der Waals surface area contributed by atoms with Crippen molar-refractivity contribution in [1.29, 1.82) is 0 Å². The summed E-state index contributed by atoms with van der Waals surface area (Å²) in [5, 5.41) is 5.02. The summed E-state index contributed by atoms with van der Waals surface area (Å²) in [6, 6.07) is 14.2. The van der Waals surface area contributed by atoms with Crippen molar-refractivity contribution >= 4 is 22.8 Å². The summed E-state index contributed by atoms with van der Waals surface area (Å²) < 4.78 is 17.5. The van der Waals surface area contributed by atoms with E-state index in [0.717, 1.165) is 5.56 Å². The molecule has 0 atom stereocenters. The molecule has 2 aromatic carbocycles. The number of nitrogens with one attached hydrogen (secondary N) is 2.